The molecule has 3 nitrogen and oxygen atoms in total. The van der Waals surface area contributed by atoms with Gasteiger partial charge in [-0.3, -0.25) is 9.36 Å². The molecule has 0 saturated carbocycles. The molecule has 1 aliphatic rings. The van der Waals surface area contributed by atoms with E-state index in [0.29, 0.717) is 31.9 Å². The second-order valence-electron chi connectivity index (χ2n) is 8.01. The van der Waals surface area contributed by atoms with E-state index in [4.69, 9.17) is 16.6 Å². The Morgan fingerprint density at radius 2 is 1.97 bits per heavy atom. The number of rotatable bonds is 4. The number of aromatic nitrogens is 2. The van der Waals surface area contributed by atoms with Crippen LogP contribution in [0.1, 0.15) is 29.3 Å². The van der Waals surface area contributed by atoms with Gasteiger partial charge in [0, 0.05) is 21.2 Å². The van der Waals surface area contributed by atoms with Gasteiger partial charge in [-0.1, -0.05) is 48.5 Å². The molecule has 0 fully saturated rings. The van der Waals surface area contributed by atoms with Crippen LogP contribution in [0.2, 0.25) is 5.02 Å². The Morgan fingerprint density at radius 3 is 2.75 bits per heavy atom. The van der Waals surface area contributed by atoms with Gasteiger partial charge in [-0.05, 0) is 55.0 Å². The van der Waals surface area contributed by atoms with Crippen LogP contribution in [0, 0.1) is 17.6 Å². The standard InChI is InChI=1S/C24H19ClF2N2OS2/c1-13-9-10-14-20(11-13)32-22-21(14)23(30)29(19-8-3-2-6-18(19)27)24(28-22)31-12-15-16(25)5-4-7-17(15)26/h2-8,13H,9-12H2,1H3. The highest BCUT2D eigenvalue weighted by Gasteiger charge is 2.26. The molecule has 0 radical (unpaired) electrons. The van der Waals surface area contributed by atoms with E-state index in [9.17, 15) is 13.6 Å². The number of hydrogen-bond acceptors (Lipinski definition) is 4. The van der Waals surface area contributed by atoms with Crippen LogP contribution in [-0.4, -0.2) is 9.55 Å². The summed E-state index contributed by atoms with van der Waals surface area (Å²) in [6.45, 7) is 2.21. The van der Waals surface area contributed by atoms with Gasteiger partial charge < -0.3 is 0 Å². The molecular formula is C24H19ClF2N2OS2. The second-order valence-corrected chi connectivity index (χ2v) is 10.4. The molecule has 5 rings (SSSR count). The summed E-state index contributed by atoms with van der Waals surface area (Å²) in [4.78, 5) is 20.3. The SMILES string of the molecule is CC1CCc2c(sc3nc(SCc4c(F)cccc4Cl)n(-c4ccccc4F)c(=O)c23)C1. The topological polar surface area (TPSA) is 34.9 Å². The summed E-state index contributed by atoms with van der Waals surface area (Å²) >= 11 is 8.90. The van der Waals surface area contributed by atoms with Gasteiger partial charge in [0.15, 0.2) is 5.16 Å². The normalized spacial score (nSPS) is 15.8. The number of halogens is 3. The molecule has 1 aliphatic carbocycles. The highest BCUT2D eigenvalue weighted by atomic mass is 35.5. The van der Waals surface area contributed by atoms with E-state index in [1.165, 1.54) is 44.7 Å². The van der Waals surface area contributed by atoms with Crippen molar-refractivity contribution in [3.05, 3.63) is 85.5 Å². The van der Waals surface area contributed by atoms with Crippen LogP contribution in [-0.2, 0) is 18.6 Å². The third-order valence-corrected chi connectivity index (χ3v) is 8.27. The molecule has 0 bridgehead atoms. The molecule has 32 heavy (non-hydrogen) atoms. The maximum absolute atomic E-state index is 14.8. The van der Waals surface area contributed by atoms with Gasteiger partial charge in [0.25, 0.3) is 5.56 Å². The van der Waals surface area contributed by atoms with E-state index in [-0.39, 0.29) is 17.0 Å². The molecule has 4 aromatic rings. The Labute approximate surface area is 197 Å². The van der Waals surface area contributed by atoms with E-state index in [0.717, 1.165) is 24.8 Å². The van der Waals surface area contributed by atoms with E-state index < -0.39 is 11.6 Å². The van der Waals surface area contributed by atoms with Crippen LogP contribution in [0.4, 0.5) is 8.78 Å². The van der Waals surface area contributed by atoms with Crippen molar-refractivity contribution in [3.8, 4) is 5.69 Å². The predicted molar refractivity (Wildman–Crippen MR) is 127 cm³/mol. The molecule has 164 valence electrons. The average molecular weight is 489 g/mol. The fourth-order valence-corrected chi connectivity index (χ4v) is 6.89. The summed E-state index contributed by atoms with van der Waals surface area (Å²) < 4.78 is 30.4. The minimum Gasteiger partial charge on any atom is -0.268 e. The van der Waals surface area contributed by atoms with E-state index in [1.54, 1.807) is 30.3 Å². The predicted octanol–water partition coefficient (Wildman–Crippen LogP) is 6.80. The third kappa shape index (κ3) is 3.76. The van der Waals surface area contributed by atoms with Gasteiger partial charge in [-0.15, -0.1) is 11.3 Å². The number of nitrogens with zero attached hydrogens (tertiary/aromatic N) is 2. The quantitative estimate of drug-likeness (QED) is 0.234. The lowest BCUT2D eigenvalue weighted by atomic mass is 9.89. The molecule has 2 aromatic heterocycles. The molecule has 2 aromatic carbocycles. The lowest BCUT2D eigenvalue weighted by Gasteiger charge is -2.18. The Balaban J connectivity index is 1.70. The number of fused-ring (bicyclic) bond motifs is 3. The first-order valence-electron chi connectivity index (χ1n) is 10.3. The molecule has 0 aliphatic heterocycles. The summed E-state index contributed by atoms with van der Waals surface area (Å²) in [5.41, 5.74) is 1.22. The van der Waals surface area contributed by atoms with Crippen LogP contribution >= 0.6 is 34.7 Å². The van der Waals surface area contributed by atoms with Crippen LogP contribution in [0.5, 0.6) is 0 Å². The monoisotopic (exact) mass is 488 g/mol. The Morgan fingerprint density at radius 1 is 1.19 bits per heavy atom. The first kappa shape index (κ1) is 21.6. The fraction of sp³-hybridized carbons (Fsp3) is 0.250. The van der Waals surface area contributed by atoms with Crippen LogP contribution in [0.15, 0.2) is 52.4 Å². The van der Waals surface area contributed by atoms with Gasteiger partial charge in [-0.25, -0.2) is 13.8 Å². The van der Waals surface area contributed by atoms with Crippen LogP contribution in [0.25, 0.3) is 15.9 Å². The molecule has 8 heteroatoms. The zero-order valence-electron chi connectivity index (χ0n) is 17.2. The van der Waals surface area contributed by atoms with Crippen molar-refractivity contribution in [2.75, 3.05) is 0 Å². The largest absolute Gasteiger partial charge is 0.268 e. The number of benzene rings is 2. The smallest absolute Gasteiger partial charge is 0.267 e. The number of aryl methyl sites for hydroxylation is 1. The van der Waals surface area contributed by atoms with Crippen molar-refractivity contribution in [2.45, 2.75) is 37.1 Å². The zero-order chi connectivity index (χ0) is 22.4. The number of para-hydroxylation sites is 1. The summed E-state index contributed by atoms with van der Waals surface area (Å²) in [7, 11) is 0. The first-order valence-corrected chi connectivity index (χ1v) is 12.5. The first-order chi connectivity index (χ1) is 15.4. The van der Waals surface area contributed by atoms with E-state index in [1.807, 2.05) is 0 Å². The highest BCUT2D eigenvalue weighted by molar-refractivity contribution is 7.98. The minimum absolute atomic E-state index is 0.137. The van der Waals surface area contributed by atoms with Crippen molar-refractivity contribution in [1.29, 1.82) is 0 Å². The molecule has 1 atom stereocenters. The van der Waals surface area contributed by atoms with Crippen LogP contribution in [0.3, 0.4) is 0 Å². The van der Waals surface area contributed by atoms with Crippen molar-refractivity contribution >= 4 is 44.9 Å². The van der Waals surface area contributed by atoms with Gasteiger partial charge >= 0.3 is 0 Å². The zero-order valence-corrected chi connectivity index (χ0v) is 19.6. The molecule has 0 amide bonds. The van der Waals surface area contributed by atoms with Gasteiger partial charge in [0.1, 0.15) is 16.5 Å². The molecule has 2 heterocycles. The Kier molecular flexibility index (Phi) is 5.82. The van der Waals surface area contributed by atoms with Crippen molar-refractivity contribution in [2.24, 2.45) is 5.92 Å². The molecule has 0 N–H and O–H groups in total. The number of hydrogen-bond donors (Lipinski definition) is 0. The number of thioether (sulfide) groups is 1. The Bertz CT molecular complexity index is 1380. The van der Waals surface area contributed by atoms with Crippen molar-refractivity contribution < 1.29 is 8.78 Å². The van der Waals surface area contributed by atoms with Crippen molar-refractivity contribution in [3.63, 3.8) is 0 Å². The number of thiophene rings is 1. The average Bonchev–Trinajstić information content (AvgIpc) is 3.12. The molecule has 1 unspecified atom stereocenters. The lowest BCUT2D eigenvalue weighted by Crippen LogP contribution is -2.23. The minimum atomic E-state index is -0.515. The summed E-state index contributed by atoms with van der Waals surface area (Å²) in [6, 6.07) is 10.6. The van der Waals surface area contributed by atoms with Gasteiger partial charge in [0.05, 0.1) is 11.1 Å². The van der Waals surface area contributed by atoms with Gasteiger partial charge in [-0.2, -0.15) is 0 Å². The lowest BCUT2D eigenvalue weighted by molar-refractivity contribution is 0.509. The third-order valence-electron chi connectivity index (χ3n) is 5.80. The van der Waals surface area contributed by atoms with Crippen molar-refractivity contribution in [1.82, 2.24) is 9.55 Å². The highest BCUT2D eigenvalue weighted by Crippen LogP contribution is 2.37. The molecule has 0 saturated heterocycles. The maximum atomic E-state index is 14.8. The Hall–Kier alpha value is -2.22. The van der Waals surface area contributed by atoms with Gasteiger partial charge in [0.2, 0.25) is 0 Å². The molecule has 0 spiro atoms. The van der Waals surface area contributed by atoms with E-state index >= 15 is 0 Å². The summed E-state index contributed by atoms with van der Waals surface area (Å²) in [6.07, 6.45) is 2.76. The fourth-order valence-electron chi connectivity index (χ4n) is 4.12. The second kappa shape index (κ2) is 8.61. The molecular weight excluding hydrogens is 470 g/mol. The van der Waals surface area contributed by atoms with Crippen LogP contribution < -0.4 is 5.56 Å². The summed E-state index contributed by atoms with van der Waals surface area (Å²) in [5.74, 6) is -0.216. The maximum Gasteiger partial charge on any atom is 0.267 e. The summed E-state index contributed by atoms with van der Waals surface area (Å²) in [5, 5.41) is 1.20. The van der Waals surface area contributed by atoms with E-state index in [2.05, 4.69) is 6.92 Å².